The van der Waals surface area contributed by atoms with Gasteiger partial charge in [-0.15, -0.1) is 11.3 Å². The summed E-state index contributed by atoms with van der Waals surface area (Å²) in [5, 5.41) is 9.25. The first kappa shape index (κ1) is 13.4. The third-order valence-corrected chi connectivity index (χ3v) is 4.76. The second kappa shape index (κ2) is 4.92. The Morgan fingerprint density at radius 3 is 2.50 bits per heavy atom. The van der Waals surface area contributed by atoms with E-state index in [-0.39, 0.29) is 11.5 Å². The van der Waals surface area contributed by atoms with Gasteiger partial charge >= 0.3 is 5.97 Å². The number of hydrogen-bond acceptors (Lipinski definition) is 3. The van der Waals surface area contributed by atoms with Gasteiger partial charge in [0.2, 0.25) is 0 Å². The number of rotatable bonds is 3. The standard InChI is InChI=1S/C14H20O3S/c1-14(2,3)11-8-10(12(18-11)13(15)16)17-9-6-4-5-7-9/h8-9H,4-7H2,1-3H3,(H,15,16). The van der Waals surface area contributed by atoms with E-state index in [1.807, 2.05) is 6.07 Å². The summed E-state index contributed by atoms with van der Waals surface area (Å²) in [6, 6.07) is 1.91. The average Bonchev–Trinajstić information content (AvgIpc) is 2.85. The second-order valence-electron chi connectivity index (χ2n) is 5.88. The fourth-order valence-electron chi connectivity index (χ4n) is 2.17. The van der Waals surface area contributed by atoms with Crippen molar-refractivity contribution in [3.63, 3.8) is 0 Å². The van der Waals surface area contributed by atoms with E-state index < -0.39 is 5.97 Å². The molecule has 0 spiro atoms. The third-order valence-electron chi connectivity index (χ3n) is 3.23. The molecule has 1 N–H and O–H groups in total. The molecule has 1 aliphatic rings. The second-order valence-corrected chi connectivity index (χ2v) is 6.94. The number of hydrogen-bond donors (Lipinski definition) is 1. The Morgan fingerprint density at radius 1 is 1.39 bits per heavy atom. The van der Waals surface area contributed by atoms with E-state index in [1.165, 1.54) is 24.2 Å². The van der Waals surface area contributed by atoms with Crippen molar-refractivity contribution in [3.8, 4) is 5.75 Å². The SMILES string of the molecule is CC(C)(C)c1cc(OC2CCCC2)c(C(=O)O)s1. The van der Waals surface area contributed by atoms with E-state index in [9.17, 15) is 9.90 Å². The Kier molecular flexibility index (Phi) is 3.66. The van der Waals surface area contributed by atoms with Gasteiger partial charge in [0.25, 0.3) is 0 Å². The maximum absolute atomic E-state index is 11.3. The minimum Gasteiger partial charge on any atom is -0.489 e. The molecule has 1 fully saturated rings. The van der Waals surface area contributed by atoms with Crippen molar-refractivity contribution in [2.24, 2.45) is 0 Å². The highest BCUT2D eigenvalue weighted by Gasteiger charge is 2.26. The fraction of sp³-hybridized carbons (Fsp3) is 0.643. The van der Waals surface area contributed by atoms with Crippen LogP contribution in [0.15, 0.2) is 6.07 Å². The normalized spacial score (nSPS) is 17.1. The monoisotopic (exact) mass is 268 g/mol. The molecule has 100 valence electrons. The van der Waals surface area contributed by atoms with Crippen molar-refractivity contribution >= 4 is 17.3 Å². The third kappa shape index (κ3) is 2.86. The summed E-state index contributed by atoms with van der Waals surface area (Å²) in [6.45, 7) is 6.26. The van der Waals surface area contributed by atoms with Crippen molar-refractivity contribution in [2.75, 3.05) is 0 Å². The predicted molar refractivity (Wildman–Crippen MR) is 72.9 cm³/mol. The van der Waals surface area contributed by atoms with Gasteiger partial charge in [0.1, 0.15) is 5.75 Å². The van der Waals surface area contributed by atoms with Crippen molar-refractivity contribution in [2.45, 2.75) is 58.0 Å². The number of aromatic carboxylic acids is 1. The van der Waals surface area contributed by atoms with E-state index in [2.05, 4.69) is 20.8 Å². The largest absolute Gasteiger partial charge is 0.489 e. The Bertz CT molecular complexity index is 436. The van der Waals surface area contributed by atoms with Crippen LogP contribution in [0, 0.1) is 0 Å². The van der Waals surface area contributed by atoms with Crippen LogP contribution in [0.5, 0.6) is 5.75 Å². The highest BCUT2D eigenvalue weighted by Crippen LogP contribution is 2.38. The van der Waals surface area contributed by atoms with Crippen LogP contribution in [0.25, 0.3) is 0 Å². The summed E-state index contributed by atoms with van der Waals surface area (Å²) in [6.07, 6.45) is 4.65. The molecule has 0 bridgehead atoms. The molecule has 0 aliphatic heterocycles. The molecular weight excluding hydrogens is 248 g/mol. The van der Waals surface area contributed by atoms with Gasteiger partial charge < -0.3 is 9.84 Å². The molecule has 1 heterocycles. The smallest absolute Gasteiger partial charge is 0.349 e. The molecule has 0 saturated heterocycles. The first-order valence-electron chi connectivity index (χ1n) is 6.42. The van der Waals surface area contributed by atoms with Crippen LogP contribution in [0.4, 0.5) is 0 Å². The number of carboxylic acid groups (broad SMARTS) is 1. The lowest BCUT2D eigenvalue weighted by atomic mass is 9.95. The quantitative estimate of drug-likeness (QED) is 0.899. The van der Waals surface area contributed by atoms with E-state index in [0.717, 1.165) is 17.7 Å². The summed E-state index contributed by atoms with van der Waals surface area (Å²) >= 11 is 1.33. The zero-order valence-electron chi connectivity index (χ0n) is 11.2. The van der Waals surface area contributed by atoms with Crippen molar-refractivity contribution in [1.29, 1.82) is 0 Å². The van der Waals surface area contributed by atoms with Gasteiger partial charge in [-0.2, -0.15) is 0 Å². The van der Waals surface area contributed by atoms with Crippen LogP contribution in [0.2, 0.25) is 0 Å². The van der Waals surface area contributed by atoms with Crippen LogP contribution in [-0.2, 0) is 5.41 Å². The van der Waals surface area contributed by atoms with Crippen molar-refractivity contribution in [3.05, 3.63) is 15.8 Å². The van der Waals surface area contributed by atoms with Gasteiger partial charge in [-0.25, -0.2) is 4.79 Å². The lowest BCUT2D eigenvalue weighted by molar-refractivity contribution is 0.0695. The van der Waals surface area contributed by atoms with Gasteiger partial charge in [0, 0.05) is 4.88 Å². The van der Waals surface area contributed by atoms with Gasteiger partial charge in [-0.3, -0.25) is 0 Å². The molecular formula is C14H20O3S. The zero-order chi connectivity index (χ0) is 13.3. The number of carboxylic acids is 1. The average molecular weight is 268 g/mol. The molecule has 1 aromatic heterocycles. The minimum absolute atomic E-state index is 0.0356. The number of ether oxygens (including phenoxy) is 1. The Balaban J connectivity index is 2.26. The topological polar surface area (TPSA) is 46.5 Å². The molecule has 0 atom stereocenters. The van der Waals surface area contributed by atoms with Gasteiger partial charge in [0.05, 0.1) is 6.10 Å². The molecule has 2 rings (SSSR count). The molecule has 0 aromatic carbocycles. The van der Waals surface area contributed by atoms with E-state index in [0.29, 0.717) is 10.6 Å². The summed E-state index contributed by atoms with van der Waals surface area (Å²) in [5.41, 5.74) is -0.0356. The first-order valence-corrected chi connectivity index (χ1v) is 7.24. The van der Waals surface area contributed by atoms with Crippen LogP contribution >= 0.6 is 11.3 Å². The maximum Gasteiger partial charge on any atom is 0.349 e. The highest BCUT2D eigenvalue weighted by atomic mass is 32.1. The molecule has 0 radical (unpaired) electrons. The van der Waals surface area contributed by atoms with Crippen LogP contribution in [0.3, 0.4) is 0 Å². The molecule has 4 heteroatoms. The number of thiophene rings is 1. The summed E-state index contributed by atoms with van der Waals surface area (Å²) < 4.78 is 5.87. The lowest BCUT2D eigenvalue weighted by Crippen LogP contribution is -2.12. The minimum atomic E-state index is -0.886. The van der Waals surface area contributed by atoms with E-state index in [1.54, 1.807) is 0 Å². The molecule has 0 unspecified atom stereocenters. The summed E-state index contributed by atoms with van der Waals surface area (Å²) in [7, 11) is 0. The fourth-order valence-corrected chi connectivity index (χ4v) is 3.15. The predicted octanol–water partition coefficient (Wildman–Crippen LogP) is 4.07. The molecule has 3 nitrogen and oxygen atoms in total. The molecule has 1 aliphatic carbocycles. The van der Waals surface area contributed by atoms with Crippen LogP contribution < -0.4 is 4.74 Å². The van der Waals surface area contributed by atoms with Gasteiger partial charge in [-0.05, 0) is 37.2 Å². The van der Waals surface area contributed by atoms with Crippen LogP contribution in [0.1, 0.15) is 61.0 Å². The van der Waals surface area contributed by atoms with Gasteiger partial charge in [0.15, 0.2) is 4.88 Å². The van der Waals surface area contributed by atoms with E-state index >= 15 is 0 Å². The Labute approximate surface area is 112 Å². The summed E-state index contributed by atoms with van der Waals surface area (Å²) in [5.74, 6) is -0.326. The number of carbonyl (C=O) groups is 1. The van der Waals surface area contributed by atoms with E-state index in [4.69, 9.17) is 4.74 Å². The Hall–Kier alpha value is -1.03. The molecule has 1 aromatic rings. The van der Waals surface area contributed by atoms with Gasteiger partial charge in [-0.1, -0.05) is 20.8 Å². The summed E-state index contributed by atoms with van der Waals surface area (Å²) in [4.78, 5) is 12.7. The highest BCUT2D eigenvalue weighted by molar-refractivity contribution is 7.14. The van der Waals surface area contributed by atoms with Crippen molar-refractivity contribution in [1.82, 2.24) is 0 Å². The lowest BCUT2D eigenvalue weighted by Gasteiger charge is -2.15. The Morgan fingerprint density at radius 2 is 2.00 bits per heavy atom. The molecule has 18 heavy (non-hydrogen) atoms. The van der Waals surface area contributed by atoms with Crippen molar-refractivity contribution < 1.29 is 14.6 Å². The zero-order valence-corrected chi connectivity index (χ0v) is 12.0. The first-order chi connectivity index (χ1) is 8.38. The van der Waals surface area contributed by atoms with Crippen LogP contribution in [-0.4, -0.2) is 17.2 Å². The molecule has 1 saturated carbocycles. The molecule has 0 amide bonds. The maximum atomic E-state index is 11.3.